The molecule has 0 amide bonds. The highest BCUT2D eigenvalue weighted by Crippen LogP contribution is 2.12. The third-order valence-electron chi connectivity index (χ3n) is 3.03. The number of anilines is 3. The molecule has 0 aliphatic carbocycles. The summed E-state index contributed by atoms with van der Waals surface area (Å²) in [6.07, 6.45) is 1.04. The van der Waals surface area contributed by atoms with Crippen molar-refractivity contribution in [2.24, 2.45) is 5.84 Å². The fourth-order valence-corrected chi connectivity index (χ4v) is 1.78. The molecule has 0 radical (unpaired) electrons. The van der Waals surface area contributed by atoms with Gasteiger partial charge in [-0.3, -0.25) is 5.43 Å². The maximum absolute atomic E-state index is 5.38. The molecule has 2 aromatic rings. The highest BCUT2D eigenvalue weighted by Gasteiger charge is 2.07. The lowest BCUT2D eigenvalue weighted by atomic mass is 10.1. The minimum Gasteiger partial charge on any atom is -0.350 e. The first-order valence-corrected chi connectivity index (χ1v) is 6.84. The Labute approximate surface area is 124 Å². The van der Waals surface area contributed by atoms with Gasteiger partial charge < -0.3 is 10.2 Å². The van der Waals surface area contributed by atoms with E-state index in [-0.39, 0.29) is 0 Å². The van der Waals surface area contributed by atoms with Gasteiger partial charge in [0.25, 0.3) is 0 Å². The van der Waals surface area contributed by atoms with Crippen LogP contribution >= 0.6 is 0 Å². The highest BCUT2D eigenvalue weighted by atomic mass is 15.4. The predicted octanol–water partition coefficient (Wildman–Crippen LogP) is 1.40. The Balaban J connectivity index is 2.09. The summed E-state index contributed by atoms with van der Waals surface area (Å²) in [5, 5.41) is 3.18. The van der Waals surface area contributed by atoms with Crippen molar-refractivity contribution in [1.82, 2.24) is 15.0 Å². The van der Waals surface area contributed by atoms with Crippen LogP contribution in [0.25, 0.3) is 0 Å². The van der Waals surface area contributed by atoms with Gasteiger partial charge >= 0.3 is 0 Å². The van der Waals surface area contributed by atoms with Crippen LogP contribution in [0.3, 0.4) is 0 Å². The topological polar surface area (TPSA) is 92.0 Å². The van der Waals surface area contributed by atoms with Crippen molar-refractivity contribution < 1.29 is 0 Å². The monoisotopic (exact) mass is 287 g/mol. The summed E-state index contributed by atoms with van der Waals surface area (Å²) in [7, 11) is 3.73. The molecule has 0 spiro atoms. The normalized spacial score (nSPS) is 10.3. The van der Waals surface area contributed by atoms with Crippen LogP contribution in [-0.2, 0) is 13.0 Å². The van der Waals surface area contributed by atoms with Crippen molar-refractivity contribution >= 4 is 17.8 Å². The molecule has 0 bridgehead atoms. The van der Waals surface area contributed by atoms with Crippen molar-refractivity contribution in [3.63, 3.8) is 0 Å². The molecular formula is C14H21N7. The highest BCUT2D eigenvalue weighted by molar-refractivity contribution is 5.42. The molecule has 2 rings (SSSR count). The van der Waals surface area contributed by atoms with Crippen LogP contribution < -0.4 is 21.5 Å². The van der Waals surface area contributed by atoms with E-state index in [1.807, 2.05) is 14.1 Å². The zero-order valence-corrected chi connectivity index (χ0v) is 12.6. The summed E-state index contributed by atoms with van der Waals surface area (Å²) in [6.45, 7) is 2.78. The number of rotatable bonds is 6. The third-order valence-corrected chi connectivity index (χ3v) is 3.03. The largest absolute Gasteiger partial charge is 0.350 e. The van der Waals surface area contributed by atoms with Crippen LogP contribution in [0, 0.1) is 0 Å². The summed E-state index contributed by atoms with van der Waals surface area (Å²) in [5.41, 5.74) is 4.94. The van der Waals surface area contributed by atoms with Crippen LogP contribution in [0.1, 0.15) is 18.1 Å². The number of aromatic nitrogens is 3. The van der Waals surface area contributed by atoms with E-state index in [4.69, 9.17) is 5.84 Å². The predicted molar refractivity (Wildman–Crippen MR) is 85.1 cm³/mol. The molecule has 112 valence electrons. The first kappa shape index (κ1) is 15.0. The average Bonchev–Trinajstić information content (AvgIpc) is 2.53. The third kappa shape index (κ3) is 4.03. The van der Waals surface area contributed by atoms with Gasteiger partial charge in [0.15, 0.2) is 0 Å². The molecule has 0 saturated heterocycles. The van der Waals surface area contributed by atoms with Gasteiger partial charge in [-0.05, 0) is 17.5 Å². The van der Waals surface area contributed by atoms with Gasteiger partial charge in [-0.1, -0.05) is 31.2 Å². The number of hydrogen-bond donors (Lipinski definition) is 3. The number of aryl methyl sites for hydroxylation is 1. The Morgan fingerprint density at radius 1 is 1.00 bits per heavy atom. The lowest BCUT2D eigenvalue weighted by molar-refractivity contribution is 0.939. The summed E-state index contributed by atoms with van der Waals surface area (Å²) in [6, 6.07) is 8.45. The SMILES string of the molecule is CCc1ccc(CNc2nc(NN)nc(N(C)C)n2)cc1. The maximum Gasteiger partial charge on any atom is 0.243 e. The number of nitrogens with two attached hydrogens (primary N) is 1. The molecule has 7 nitrogen and oxygen atoms in total. The molecule has 7 heteroatoms. The summed E-state index contributed by atoms with van der Waals surface area (Å²) < 4.78 is 0. The fraction of sp³-hybridized carbons (Fsp3) is 0.357. The summed E-state index contributed by atoms with van der Waals surface area (Å²) in [5.74, 6) is 6.74. The van der Waals surface area contributed by atoms with Gasteiger partial charge in [0.05, 0.1) is 0 Å². The molecule has 0 aliphatic rings. The van der Waals surface area contributed by atoms with Crippen LogP contribution in [0.4, 0.5) is 17.8 Å². The second kappa shape index (κ2) is 6.85. The Bertz CT molecular complexity index is 580. The standard InChI is InChI=1S/C14H21N7/c1-4-10-5-7-11(8-6-10)9-16-12-17-13(20-15)19-14(18-12)21(2)3/h5-8H,4,9,15H2,1-3H3,(H2,16,17,18,19,20). The average molecular weight is 287 g/mol. The Morgan fingerprint density at radius 2 is 1.62 bits per heavy atom. The van der Waals surface area contributed by atoms with Crippen molar-refractivity contribution in [3.8, 4) is 0 Å². The van der Waals surface area contributed by atoms with Gasteiger partial charge in [-0.25, -0.2) is 5.84 Å². The number of benzene rings is 1. The van der Waals surface area contributed by atoms with E-state index in [0.29, 0.717) is 24.4 Å². The lowest BCUT2D eigenvalue weighted by Gasteiger charge is -2.13. The molecule has 1 aromatic carbocycles. The van der Waals surface area contributed by atoms with Crippen LogP contribution in [0.2, 0.25) is 0 Å². The van der Waals surface area contributed by atoms with E-state index < -0.39 is 0 Å². The van der Waals surface area contributed by atoms with E-state index >= 15 is 0 Å². The molecule has 0 atom stereocenters. The Morgan fingerprint density at radius 3 is 2.19 bits per heavy atom. The summed E-state index contributed by atoms with van der Waals surface area (Å²) in [4.78, 5) is 14.5. The first-order chi connectivity index (χ1) is 10.1. The van der Waals surface area contributed by atoms with Crippen molar-refractivity contribution in [3.05, 3.63) is 35.4 Å². The van der Waals surface area contributed by atoms with Crippen molar-refractivity contribution in [2.75, 3.05) is 29.7 Å². The number of hydrogen-bond acceptors (Lipinski definition) is 7. The van der Waals surface area contributed by atoms with Gasteiger partial charge in [-0.2, -0.15) is 15.0 Å². The second-order valence-corrected chi connectivity index (χ2v) is 4.84. The smallest absolute Gasteiger partial charge is 0.243 e. The first-order valence-electron chi connectivity index (χ1n) is 6.84. The Hall–Kier alpha value is -2.41. The molecular weight excluding hydrogens is 266 g/mol. The van der Waals surface area contributed by atoms with Crippen LogP contribution in [0.15, 0.2) is 24.3 Å². The fourth-order valence-electron chi connectivity index (χ4n) is 1.78. The number of hydrazine groups is 1. The molecule has 1 heterocycles. The quantitative estimate of drug-likeness (QED) is 0.546. The number of nitrogens with one attached hydrogen (secondary N) is 2. The van der Waals surface area contributed by atoms with Gasteiger partial charge in [0, 0.05) is 20.6 Å². The van der Waals surface area contributed by atoms with Gasteiger partial charge in [0.1, 0.15) is 0 Å². The van der Waals surface area contributed by atoms with E-state index in [2.05, 4.69) is 56.9 Å². The van der Waals surface area contributed by atoms with E-state index in [1.54, 1.807) is 4.90 Å². The van der Waals surface area contributed by atoms with Gasteiger partial charge in [-0.15, -0.1) is 0 Å². The minimum absolute atomic E-state index is 0.331. The Kier molecular flexibility index (Phi) is 4.89. The molecule has 0 saturated carbocycles. The number of nitrogens with zero attached hydrogens (tertiary/aromatic N) is 4. The van der Waals surface area contributed by atoms with E-state index in [9.17, 15) is 0 Å². The van der Waals surface area contributed by atoms with E-state index in [0.717, 1.165) is 6.42 Å². The van der Waals surface area contributed by atoms with Crippen LogP contribution in [0.5, 0.6) is 0 Å². The molecule has 21 heavy (non-hydrogen) atoms. The molecule has 0 fully saturated rings. The molecule has 0 unspecified atom stereocenters. The van der Waals surface area contributed by atoms with Crippen LogP contribution in [-0.4, -0.2) is 29.0 Å². The second-order valence-electron chi connectivity index (χ2n) is 4.84. The van der Waals surface area contributed by atoms with E-state index in [1.165, 1.54) is 11.1 Å². The minimum atomic E-state index is 0.331. The summed E-state index contributed by atoms with van der Waals surface area (Å²) >= 11 is 0. The lowest BCUT2D eigenvalue weighted by Crippen LogP contribution is -2.19. The molecule has 0 aliphatic heterocycles. The zero-order valence-electron chi connectivity index (χ0n) is 12.6. The molecule has 4 N–H and O–H groups in total. The van der Waals surface area contributed by atoms with Crippen molar-refractivity contribution in [1.29, 1.82) is 0 Å². The zero-order chi connectivity index (χ0) is 15.2. The maximum atomic E-state index is 5.38. The van der Waals surface area contributed by atoms with Crippen molar-refractivity contribution in [2.45, 2.75) is 19.9 Å². The number of nitrogen functional groups attached to an aromatic ring is 1. The molecule has 1 aromatic heterocycles. The van der Waals surface area contributed by atoms with Gasteiger partial charge in [0.2, 0.25) is 17.8 Å².